The van der Waals surface area contributed by atoms with Crippen molar-refractivity contribution in [2.45, 2.75) is 26.8 Å². The highest BCUT2D eigenvalue weighted by Crippen LogP contribution is 2.32. The smallest absolute Gasteiger partial charge is 0.132 e. The van der Waals surface area contributed by atoms with E-state index >= 15 is 0 Å². The Morgan fingerprint density at radius 3 is 2.45 bits per heavy atom. The molecule has 0 spiro atoms. The summed E-state index contributed by atoms with van der Waals surface area (Å²) in [4.78, 5) is 0. The van der Waals surface area contributed by atoms with Crippen molar-refractivity contribution in [2.75, 3.05) is 0 Å². The summed E-state index contributed by atoms with van der Waals surface area (Å²) in [7, 11) is 0. The minimum absolute atomic E-state index is 0.281. The summed E-state index contributed by atoms with van der Waals surface area (Å²) in [6, 6.07) is 8.17. The third kappa shape index (κ3) is 3.11. The standard InChI is InChI=1S/C16H17ClFNO/c1-9-6-12(4-5-14(9)17)20-16-7-10(2)15(18)8-13(16)11(3)19/h4-8,11H,19H2,1-3H3/t11-/m0/s1. The van der Waals surface area contributed by atoms with Crippen molar-refractivity contribution in [1.82, 2.24) is 0 Å². The molecular formula is C16H17ClFNO. The van der Waals surface area contributed by atoms with Gasteiger partial charge in [0.05, 0.1) is 0 Å². The molecule has 0 aromatic heterocycles. The van der Waals surface area contributed by atoms with E-state index in [1.807, 2.05) is 13.0 Å². The lowest BCUT2D eigenvalue weighted by Crippen LogP contribution is -2.08. The van der Waals surface area contributed by atoms with E-state index in [1.54, 1.807) is 32.0 Å². The highest BCUT2D eigenvalue weighted by molar-refractivity contribution is 6.31. The van der Waals surface area contributed by atoms with Gasteiger partial charge in [-0.2, -0.15) is 0 Å². The van der Waals surface area contributed by atoms with Crippen molar-refractivity contribution in [2.24, 2.45) is 5.73 Å². The van der Waals surface area contributed by atoms with Crippen molar-refractivity contribution < 1.29 is 9.13 Å². The highest BCUT2D eigenvalue weighted by atomic mass is 35.5. The van der Waals surface area contributed by atoms with Gasteiger partial charge in [-0.25, -0.2) is 4.39 Å². The number of ether oxygens (including phenoxy) is 1. The van der Waals surface area contributed by atoms with Gasteiger partial charge in [0.1, 0.15) is 17.3 Å². The zero-order valence-corrected chi connectivity index (χ0v) is 12.5. The zero-order valence-electron chi connectivity index (χ0n) is 11.7. The van der Waals surface area contributed by atoms with Crippen LogP contribution >= 0.6 is 11.6 Å². The van der Waals surface area contributed by atoms with Gasteiger partial charge in [0, 0.05) is 16.6 Å². The van der Waals surface area contributed by atoms with Crippen LogP contribution in [0.3, 0.4) is 0 Å². The van der Waals surface area contributed by atoms with Crippen LogP contribution < -0.4 is 10.5 Å². The molecule has 2 aromatic carbocycles. The van der Waals surface area contributed by atoms with Crippen molar-refractivity contribution in [1.29, 1.82) is 0 Å². The van der Waals surface area contributed by atoms with E-state index in [-0.39, 0.29) is 11.9 Å². The van der Waals surface area contributed by atoms with E-state index in [0.29, 0.717) is 27.6 Å². The van der Waals surface area contributed by atoms with Crippen LogP contribution in [0.25, 0.3) is 0 Å². The Labute approximate surface area is 123 Å². The number of rotatable bonds is 3. The lowest BCUT2D eigenvalue weighted by Gasteiger charge is -2.15. The number of halogens is 2. The second-order valence-corrected chi connectivity index (χ2v) is 5.35. The minimum Gasteiger partial charge on any atom is -0.457 e. The van der Waals surface area contributed by atoms with Crippen molar-refractivity contribution in [3.05, 3.63) is 57.9 Å². The average molecular weight is 294 g/mol. The Hall–Kier alpha value is -1.58. The molecule has 2 aromatic rings. The minimum atomic E-state index is -0.312. The quantitative estimate of drug-likeness (QED) is 0.873. The third-order valence-electron chi connectivity index (χ3n) is 3.14. The predicted octanol–water partition coefficient (Wildman–Crippen LogP) is 4.91. The summed E-state index contributed by atoms with van der Waals surface area (Å²) in [5, 5.41) is 0.681. The van der Waals surface area contributed by atoms with Gasteiger partial charge in [0.2, 0.25) is 0 Å². The number of nitrogens with two attached hydrogens (primary N) is 1. The molecule has 0 fully saturated rings. The fourth-order valence-corrected chi connectivity index (χ4v) is 2.04. The van der Waals surface area contributed by atoms with Crippen LogP contribution in [-0.2, 0) is 0 Å². The summed E-state index contributed by atoms with van der Waals surface area (Å²) >= 11 is 5.99. The molecule has 0 aliphatic rings. The van der Waals surface area contributed by atoms with Gasteiger partial charge in [0.25, 0.3) is 0 Å². The van der Waals surface area contributed by atoms with Crippen LogP contribution in [0.1, 0.15) is 29.7 Å². The molecule has 106 valence electrons. The van der Waals surface area contributed by atoms with Gasteiger partial charge in [-0.05, 0) is 62.2 Å². The molecule has 20 heavy (non-hydrogen) atoms. The van der Waals surface area contributed by atoms with Crippen LogP contribution in [0.15, 0.2) is 30.3 Å². The molecular weight excluding hydrogens is 277 g/mol. The second kappa shape index (κ2) is 5.81. The first-order valence-electron chi connectivity index (χ1n) is 6.38. The molecule has 0 saturated heterocycles. The maximum atomic E-state index is 13.6. The van der Waals surface area contributed by atoms with Crippen molar-refractivity contribution >= 4 is 11.6 Å². The van der Waals surface area contributed by atoms with E-state index < -0.39 is 0 Å². The summed E-state index contributed by atoms with van der Waals surface area (Å²) in [6.07, 6.45) is 0. The molecule has 0 saturated carbocycles. The first kappa shape index (κ1) is 14.8. The lowest BCUT2D eigenvalue weighted by molar-refractivity contribution is 0.468. The molecule has 4 heteroatoms. The van der Waals surface area contributed by atoms with E-state index in [2.05, 4.69) is 0 Å². The number of benzene rings is 2. The van der Waals surface area contributed by atoms with Gasteiger partial charge in [-0.15, -0.1) is 0 Å². The molecule has 0 aliphatic heterocycles. The monoisotopic (exact) mass is 293 g/mol. The fraction of sp³-hybridized carbons (Fsp3) is 0.250. The molecule has 0 bridgehead atoms. The van der Waals surface area contributed by atoms with E-state index in [0.717, 1.165) is 5.56 Å². The largest absolute Gasteiger partial charge is 0.457 e. The maximum Gasteiger partial charge on any atom is 0.132 e. The molecule has 2 nitrogen and oxygen atoms in total. The predicted molar refractivity (Wildman–Crippen MR) is 80.0 cm³/mol. The topological polar surface area (TPSA) is 35.2 Å². The van der Waals surface area contributed by atoms with Gasteiger partial charge in [-0.3, -0.25) is 0 Å². The summed E-state index contributed by atoms with van der Waals surface area (Å²) in [5.74, 6) is 0.942. The Morgan fingerprint density at radius 1 is 1.15 bits per heavy atom. The van der Waals surface area contributed by atoms with Crippen LogP contribution in [0.5, 0.6) is 11.5 Å². The van der Waals surface area contributed by atoms with Gasteiger partial charge < -0.3 is 10.5 Å². The van der Waals surface area contributed by atoms with E-state index in [4.69, 9.17) is 22.1 Å². The summed E-state index contributed by atoms with van der Waals surface area (Å²) in [6.45, 7) is 5.39. The Balaban J connectivity index is 2.41. The fourth-order valence-electron chi connectivity index (χ4n) is 1.92. The maximum absolute atomic E-state index is 13.6. The van der Waals surface area contributed by atoms with Gasteiger partial charge in [0.15, 0.2) is 0 Å². The molecule has 1 atom stereocenters. The van der Waals surface area contributed by atoms with Crippen LogP contribution in [-0.4, -0.2) is 0 Å². The average Bonchev–Trinajstić information content (AvgIpc) is 2.37. The highest BCUT2D eigenvalue weighted by Gasteiger charge is 2.13. The summed E-state index contributed by atoms with van der Waals surface area (Å²) < 4.78 is 19.5. The molecule has 0 heterocycles. The molecule has 0 radical (unpaired) electrons. The van der Waals surface area contributed by atoms with Gasteiger partial charge in [-0.1, -0.05) is 11.6 Å². The van der Waals surface area contributed by atoms with E-state index in [9.17, 15) is 4.39 Å². The third-order valence-corrected chi connectivity index (χ3v) is 3.56. The Kier molecular flexibility index (Phi) is 4.31. The molecule has 0 amide bonds. The number of hydrogen-bond donors (Lipinski definition) is 1. The zero-order chi connectivity index (χ0) is 14.9. The molecule has 0 unspecified atom stereocenters. The first-order chi connectivity index (χ1) is 9.38. The van der Waals surface area contributed by atoms with Crippen molar-refractivity contribution in [3.63, 3.8) is 0 Å². The van der Waals surface area contributed by atoms with E-state index in [1.165, 1.54) is 6.07 Å². The van der Waals surface area contributed by atoms with Crippen LogP contribution in [0.2, 0.25) is 5.02 Å². The Bertz CT molecular complexity index is 641. The first-order valence-corrected chi connectivity index (χ1v) is 6.76. The molecule has 2 N–H and O–H groups in total. The normalized spacial score (nSPS) is 12.3. The lowest BCUT2D eigenvalue weighted by atomic mass is 10.0. The van der Waals surface area contributed by atoms with Gasteiger partial charge >= 0.3 is 0 Å². The van der Waals surface area contributed by atoms with Crippen LogP contribution in [0.4, 0.5) is 4.39 Å². The van der Waals surface area contributed by atoms with Crippen LogP contribution in [0, 0.1) is 19.7 Å². The molecule has 2 rings (SSSR count). The number of aryl methyl sites for hydroxylation is 2. The number of hydrogen-bond acceptors (Lipinski definition) is 2. The SMILES string of the molecule is Cc1cc(Oc2ccc(Cl)c(C)c2)c([C@H](C)N)cc1F. The molecule has 0 aliphatic carbocycles. The van der Waals surface area contributed by atoms with Crippen molar-refractivity contribution in [3.8, 4) is 11.5 Å². The second-order valence-electron chi connectivity index (χ2n) is 4.94. The Morgan fingerprint density at radius 2 is 1.85 bits per heavy atom. The summed E-state index contributed by atoms with van der Waals surface area (Å²) in [5.41, 5.74) is 7.96.